The normalized spacial score (nSPS) is 11.8. The SMILES string of the molecule is COc1ccc(/C=c2\sc3nc(-c4ccncc4)nn3c2=O)c(OC)c1. The van der Waals surface area contributed by atoms with Crippen molar-refractivity contribution < 1.29 is 9.47 Å². The lowest BCUT2D eigenvalue weighted by Gasteiger charge is -2.06. The molecule has 0 aliphatic rings. The second-order valence-corrected chi connectivity index (χ2v) is 6.40. The molecule has 26 heavy (non-hydrogen) atoms. The molecule has 7 nitrogen and oxygen atoms in total. The second kappa shape index (κ2) is 6.57. The minimum atomic E-state index is -0.212. The molecule has 0 radical (unpaired) electrons. The molecule has 0 saturated carbocycles. The number of benzene rings is 1. The summed E-state index contributed by atoms with van der Waals surface area (Å²) in [5.41, 5.74) is 1.39. The van der Waals surface area contributed by atoms with E-state index in [2.05, 4.69) is 15.1 Å². The topological polar surface area (TPSA) is 78.6 Å². The van der Waals surface area contributed by atoms with E-state index in [9.17, 15) is 4.79 Å². The number of hydrogen-bond acceptors (Lipinski definition) is 7. The van der Waals surface area contributed by atoms with Crippen molar-refractivity contribution in [2.75, 3.05) is 14.2 Å². The summed E-state index contributed by atoms with van der Waals surface area (Å²) in [6.07, 6.45) is 5.10. The van der Waals surface area contributed by atoms with Gasteiger partial charge in [-0.1, -0.05) is 11.3 Å². The predicted molar refractivity (Wildman–Crippen MR) is 98.7 cm³/mol. The molecule has 0 N–H and O–H groups in total. The lowest BCUT2D eigenvalue weighted by atomic mass is 10.2. The highest BCUT2D eigenvalue weighted by molar-refractivity contribution is 7.15. The van der Waals surface area contributed by atoms with Crippen LogP contribution >= 0.6 is 11.3 Å². The Morgan fingerprint density at radius 1 is 1.12 bits per heavy atom. The Balaban J connectivity index is 1.81. The Hall–Kier alpha value is -3.26. The van der Waals surface area contributed by atoms with Crippen molar-refractivity contribution in [3.8, 4) is 22.9 Å². The summed E-state index contributed by atoms with van der Waals surface area (Å²) >= 11 is 1.28. The fraction of sp³-hybridized carbons (Fsp3) is 0.111. The number of nitrogens with zero attached hydrogens (tertiary/aromatic N) is 4. The molecule has 0 spiro atoms. The minimum Gasteiger partial charge on any atom is -0.497 e. The van der Waals surface area contributed by atoms with Crippen molar-refractivity contribution in [1.82, 2.24) is 19.6 Å². The summed E-state index contributed by atoms with van der Waals surface area (Å²) in [5, 5.41) is 4.32. The Morgan fingerprint density at radius 2 is 1.92 bits per heavy atom. The zero-order valence-corrected chi connectivity index (χ0v) is 14.9. The number of thiazole rings is 1. The molecule has 0 aliphatic heterocycles. The van der Waals surface area contributed by atoms with E-state index in [-0.39, 0.29) is 5.56 Å². The largest absolute Gasteiger partial charge is 0.497 e. The Morgan fingerprint density at radius 3 is 2.62 bits per heavy atom. The van der Waals surface area contributed by atoms with Gasteiger partial charge in [0.1, 0.15) is 11.5 Å². The lowest BCUT2D eigenvalue weighted by Crippen LogP contribution is -2.23. The number of hydrogen-bond donors (Lipinski definition) is 0. The van der Waals surface area contributed by atoms with Crippen LogP contribution in [0.25, 0.3) is 22.4 Å². The Kier molecular flexibility index (Phi) is 4.10. The molecule has 0 atom stereocenters. The number of aromatic nitrogens is 4. The molecule has 0 unspecified atom stereocenters. The average Bonchev–Trinajstić information content (AvgIpc) is 3.22. The molecule has 0 fully saturated rings. The molecule has 0 bridgehead atoms. The first-order valence-electron chi connectivity index (χ1n) is 7.73. The first-order chi connectivity index (χ1) is 12.7. The summed E-state index contributed by atoms with van der Waals surface area (Å²) in [5.74, 6) is 1.82. The number of pyridine rings is 1. The van der Waals surface area contributed by atoms with E-state index in [1.54, 1.807) is 50.9 Å². The highest BCUT2D eigenvalue weighted by Gasteiger charge is 2.12. The predicted octanol–water partition coefficient (Wildman–Crippen LogP) is 1.78. The summed E-state index contributed by atoms with van der Waals surface area (Å²) in [7, 11) is 3.17. The first kappa shape index (κ1) is 16.2. The fourth-order valence-corrected chi connectivity index (χ4v) is 3.43. The van der Waals surface area contributed by atoms with Gasteiger partial charge in [0.2, 0.25) is 4.96 Å². The smallest absolute Gasteiger partial charge is 0.291 e. The van der Waals surface area contributed by atoms with Gasteiger partial charge in [0, 0.05) is 29.6 Å². The van der Waals surface area contributed by atoms with Gasteiger partial charge in [0.25, 0.3) is 5.56 Å². The molecule has 8 heteroatoms. The molecule has 0 amide bonds. The second-order valence-electron chi connectivity index (χ2n) is 5.39. The van der Waals surface area contributed by atoms with Crippen molar-refractivity contribution in [2.45, 2.75) is 0 Å². The van der Waals surface area contributed by atoms with Gasteiger partial charge < -0.3 is 9.47 Å². The average molecular weight is 366 g/mol. The van der Waals surface area contributed by atoms with E-state index in [0.717, 1.165) is 11.1 Å². The number of methoxy groups -OCH3 is 2. The van der Waals surface area contributed by atoms with Gasteiger partial charge in [0.05, 0.1) is 18.8 Å². The van der Waals surface area contributed by atoms with Gasteiger partial charge in [-0.25, -0.2) is 0 Å². The van der Waals surface area contributed by atoms with Crippen LogP contribution in [0.3, 0.4) is 0 Å². The van der Waals surface area contributed by atoms with E-state index >= 15 is 0 Å². The number of rotatable bonds is 4. The summed E-state index contributed by atoms with van der Waals surface area (Å²) in [6.45, 7) is 0. The maximum absolute atomic E-state index is 12.7. The van der Waals surface area contributed by atoms with Gasteiger partial charge >= 0.3 is 0 Å². The molecule has 3 heterocycles. The number of ether oxygens (including phenoxy) is 2. The van der Waals surface area contributed by atoms with E-state index in [1.807, 2.05) is 12.1 Å². The van der Waals surface area contributed by atoms with Crippen molar-refractivity contribution in [2.24, 2.45) is 0 Å². The molecule has 0 saturated heterocycles. The van der Waals surface area contributed by atoms with Gasteiger partial charge in [-0.2, -0.15) is 9.50 Å². The van der Waals surface area contributed by atoms with Crippen molar-refractivity contribution in [3.05, 3.63) is 63.2 Å². The van der Waals surface area contributed by atoms with E-state index in [0.29, 0.717) is 26.8 Å². The molecule has 130 valence electrons. The summed E-state index contributed by atoms with van der Waals surface area (Å²) < 4.78 is 12.4. The molecular weight excluding hydrogens is 352 g/mol. The van der Waals surface area contributed by atoms with E-state index in [1.165, 1.54) is 15.9 Å². The Labute approximate surface area is 152 Å². The highest BCUT2D eigenvalue weighted by atomic mass is 32.1. The molecule has 3 aromatic heterocycles. The van der Waals surface area contributed by atoms with Crippen LogP contribution in [0.2, 0.25) is 0 Å². The van der Waals surface area contributed by atoms with Gasteiger partial charge in [-0.15, -0.1) is 5.10 Å². The monoisotopic (exact) mass is 366 g/mol. The van der Waals surface area contributed by atoms with Crippen LogP contribution in [0, 0.1) is 0 Å². The maximum Gasteiger partial charge on any atom is 0.291 e. The third-order valence-corrected chi connectivity index (χ3v) is 4.81. The summed E-state index contributed by atoms with van der Waals surface area (Å²) in [4.78, 5) is 21.6. The zero-order valence-electron chi connectivity index (χ0n) is 14.0. The van der Waals surface area contributed by atoms with Crippen LogP contribution in [0.5, 0.6) is 11.5 Å². The Bertz CT molecular complexity index is 1180. The zero-order chi connectivity index (χ0) is 18.1. The fourth-order valence-electron chi connectivity index (χ4n) is 2.54. The van der Waals surface area contributed by atoms with Crippen LogP contribution in [-0.2, 0) is 0 Å². The van der Waals surface area contributed by atoms with Crippen LogP contribution in [0.4, 0.5) is 0 Å². The van der Waals surface area contributed by atoms with E-state index in [4.69, 9.17) is 9.47 Å². The van der Waals surface area contributed by atoms with Gasteiger partial charge in [-0.3, -0.25) is 9.78 Å². The molecule has 1 aromatic carbocycles. The van der Waals surface area contributed by atoms with Crippen LogP contribution in [-0.4, -0.2) is 33.8 Å². The number of fused-ring (bicyclic) bond motifs is 1. The van der Waals surface area contributed by atoms with Crippen LogP contribution in [0.15, 0.2) is 47.5 Å². The van der Waals surface area contributed by atoms with Crippen molar-refractivity contribution in [3.63, 3.8) is 0 Å². The standard InChI is InChI=1S/C18H14N4O3S/c1-24-13-4-3-12(14(10-13)25-2)9-15-17(23)22-18(26-15)20-16(21-22)11-5-7-19-8-6-11/h3-10H,1-2H3/b15-9-. The molecule has 4 rings (SSSR count). The third kappa shape index (κ3) is 2.80. The lowest BCUT2D eigenvalue weighted by molar-refractivity contribution is 0.393. The van der Waals surface area contributed by atoms with Gasteiger partial charge in [0.15, 0.2) is 5.82 Å². The van der Waals surface area contributed by atoms with Crippen LogP contribution < -0.4 is 19.6 Å². The van der Waals surface area contributed by atoms with Crippen LogP contribution in [0.1, 0.15) is 5.56 Å². The third-order valence-electron chi connectivity index (χ3n) is 3.85. The maximum atomic E-state index is 12.7. The highest BCUT2D eigenvalue weighted by Crippen LogP contribution is 2.25. The molecular formula is C18H14N4O3S. The minimum absolute atomic E-state index is 0.212. The van der Waals surface area contributed by atoms with Gasteiger partial charge in [-0.05, 0) is 30.3 Å². The van der Waals surface area contributed by atoms with Crippen molar-refractivity contribution in [1.29, 1.82) is 0 Å². The molecule has 4 aromatic rings. The molecule has 0 aliphatic carbocycles. The van der Waals surface area contributed by atoms with E-state index < -0.39 is 0 Å². The first-order valence-corrected chi connectivity index (χ1v) is 8.55. The van der Waals surface area contributed by atoms with Crippen molar-refractivity contribution >= 4 is 22.4 Å². The summed E-state index contributed by atoms with van der Waals surface area (Å²) in [6, 6.07) is 9.04. The quantitative estimate of drug-likeness (QED) is 0.548.